The summed E-state index contributed by atoms with van der Waals surface area (Å²) in [6, 6.07) is 20.3. The van der Waals surface area contributed by atoms with E-state index >= 15 is 0 Å². The van der Waals surface area contributed by atoms with Crippen molar-refractivity contribution in [2.45, 2.75) is 51.4 Å². The van der Waals surface area contributed by atoms with E-state index in [9.17, 15) is 9.59 Å². The number of nitrogens with zero attached hydrogens (tertiary/aromatic N) is 2. The molecule has 0 saturated carbocycles. The van der Waals surface area contributed by atoms with Crippen molar-refractivity contribution in [3.05, 3.63) is 95.9 Å². The van der Waals surface area contributed by atoms with Gasteiger partial charge in [0.15, 0.2) is 0 Å². The van der Waals surface area contributed by atoms with E-state index in [0.717, 1.165) is 40.0 Å². The first-order valence-electron chi connectivity index (χ1n) is 12.3. The largest absolute Gasteiger partial charge is 0.489 e. The van der Waals surface area contributed by atoms with Gasteiger partial charge in [0.25, 0.3) is 0 Å². The molecule has 0 radical (unpaired) electrons. The maximum absolute atomic E-state index is 13.1. The number of aromatic nitrogens is 2. The molecular weight excluding hydrogens is 452 g/mol. The number of fused-ring (bicyclic) bond motifs is 1. The van der Waals surface area contributed by atoms with Gasteiger partial charge in [0, 0.05) is 47.9 Å². The summed E-state index contributed by atoms with van der Waals surface area (Å²) < 4.78 is 8.23. The first-order valence-corrected chi connectivity index (χ1v) is 12.3. The number of hydrogen-bond acceptors (Lipinski definition) is 4. The van der Waals surface area contributed by atoms with Crippen LogP contribution in [0.3, 0.4) is 0 Å². The zero-order valence-electron chi connectivity index (χ0n) is 20.5. The SMILES string of the molecule is CCn1cc([C@@H](C)[C@H]2NC(=O)[C@@H](Cc3ccccn3)NC2=O)c2cc(OCc3ccccc3)ccc21. The number of rotatable bonds is 8. The molecule has 4 aromatic rings. The zero-order valence-corrected chi connectivity index (χ0v) is 20.5. The standard InChI is InChI=1S/C29H30N4O3/c1-3-33-17-24(23-16-22(12-13-26(23)33)36-18-20-9-5-4-6-10-20)19(2)27-29(35)31-25(28(34)32-27)15-21-11-7-8-14-30-21/h4-14,16-17,19,25,27H,3,15,18H2,1-2H3,(H,31,35)(H,32,34)/t19-,25-,27-/m1/s1. The van der Waals surface area contributed by atoms with E-state index in [1.54, 1.807) is 6.20 Å². The highest BCUT2D eigenvalue weighted by atomic mass is 16.5. The summed E-state index contributed by atoms with van der Waals surface area (Å²) in [5.41, 5.74) is 3.93. The minimum atomic E-state index is -0.665. The van der Waals surface area contributed by atoms with Crippen LogP contribution in [-0.2, 0) is 29.2 Å². The van der Waals surface area contributed by atoms with Gasteiger partial charge >= 0.3 is 0 Å². The Bertz CT molecular complexity index is 1370. The molecule has 0 unspecified atom stereocenters. The van der Waals surface area contributed by atoms with Crippen LogP contribution in [-0.4, -0.2) is 33.4 Å². The molecule has 2 aromatic heterocycles. The Hall–Kier alpha value is -4.13. The first-order chi connectivity index (χ1) is 17.5. The van der Waals surface area contributed by atoms with Gasteiger partial charge in [-0.05, 0) is 48.4 Å². The lowest BCUT2D eigenvalue weighted by Gasteiger charge is -2.32. The molecular formula is C29H30N4O3. The summed E-state index contributed by atoms with van der Waals surface area (Å²) in [7, 11) is 0. The molecule has 2 aromatic carbocycles. The van der Waals surface area contributed by atoms with Crippen molar-refractivity contribution in [3.63, 3.8) is 0 Å². The molecule has 3 heterocycles. The van der Waals surface area contributed by atoms with Crippen molar-refractivity contribution >= 4 is 22.7 Å². The second kappa shape index (κ2) is 10.2. The smallest absolute Gasteiger partial charge is 0.243 e. The van der Waals surface area contributed by atoms with Crippen LogP contribution < -0.4 is 15.4 Å². The zero-order chi connectivity index (χ0) is 25.1. The number of nitrogens with one attached hydrogen (secondary N) is 2. The summed E-state index contributed by atoms with van der Waals surface area (Å²) >= 11 is 0. The van der Waals surface area contributed by atoms with Crippen LogP contribution in [0.2, 0.25) is 0 Å². The van der Waals surface area contributed by atoms with E-state index in [-0.39, 0.29) is 17.7 Å². The van der Waals surface area contributed by atoms with Gasteiger partial charge in [-0.25, -0.2) is 0 Å². The van der Waals surface area contributed by atoms with Crippen LogP contribution in [0.5, 0.6) is 5.75 Å². The average Bonchev–Trinajstić information content (AvgIpc) is 3.28. The quantitative estimate of drug-likeness (QED) is 0.398. The Labute approximate surface area is 210 Å². The average molecular weight is 483 g/mol. The van der Waals surface area contributed by atoms with Crippen molar-refractivity contribution in [2.75, 3.05) is 0 Å². The summed E-state index contributed by atoms with van der Waals surface area (Å²) in [6.07, 6.45) is 4.12. The van der Waals surface area contributed by atoms with Crippen LogP contribution >= 0.6 is 0 Å². The fourth-order valence-corrected chi connectivity index (χ4v) is 4.81. The van der Waals surface area contributed by atoms with E-state index in [2.05, 4.69) is 39.4 Å². The molecule has 2 N–H and O–H groups in total. The van der Waals surface area contributed by atoms with Gasteiger partial charge < -0.3 is 19.9 Å². The number of piperazine rings is 1. The van der Waals surface area contributed by atoms with Crippen molar-refractivity contribution in [1.82, 2.24) is 20.2 Å². The molecule has 0 bridgehead atoms. The highest BCUT2D eigenvalue weighted by Gasteiger charge is 2.38. The van der Waals surface area contributed by atoms with Crippen molar-refractivity contribution in [1.29, 1.82) is 0 Å². The molecule has 1 aliphatic heterocycles. The van der Waals surface area contributed by atoms with Crippen LogP contribution in [0.15, 0.2) is 79.1 Å². The summed E-state index contributed by atoms with van der Waals surface area (Å²) in [5.74, 6) is 0.158. The Kier molecular flexibility index (Phi) is 6.71. The van der Waals surface area contributed by atoms with Crippen LogP contribution in [0.25, 0.3) is 10.9 Å². The molecule has 1 fully saturated rings. The summed E-state index contributed by atoms with van der Waals surface area (Å²) in [6.45, 7) is 5.34. The molecule has 5 rings (SSSR count). The molecule has 2 amide bonds. The number of aryl methyl sites for hydroxylation is 1. The highest BCUT2D eigenvalue weighted by Crippen LogP contribution is 2.33. The maximum Gasteiger partial charge on any atom is 0.243 e. The number of hydrogen-bond donors (Lipinski definition) is 2. The monoisotopic (exact) mass is 482 g/mol. The molecule has 3 atom stereocenters. The number of pyridine rings is 1. The van der Waals surface area contributed by atoms with Gasteiger partial charge in [-0.1, -0.05) is 43.3 Å². The molecule has 0 spiro atoms. The number of amides is 2. The summed E-state index contributed by atoms with van der Waals surface area (Å²) in [5, 5.41) is 6.90. The second-order valence-corrected chi connectivity index (χ2v) is 9.18. The maximum atomic E-state index is 13.1. The van der Waals surface area contributed by atoms with Crippen molar-refractivity contribution < 1.29 is 14.3 Å². The van der Waals surface area contributed by atoms with E-state index in [0.29, 0.717) is 13.0 Å². The Morgan fingerprint density at radius 1 is 1.00 bits per heavy atom. The minimum absolute atomic E-state index is 0.183. The topological polar surface area (TPSA) is 85.3 Å². The fourth-order valence-electron chi connectivity index (χ4n) is 4.81. The minimum Gasteiger partial charge on any atom is -0.489 e. The molecule has 1 aliphatic rings. The van der Waals surface area contributed by atoms with Gasteiger partial charge in [0.2, 0.25) is 11.8 Å². The number of carbonyl (C=O) groups excluding carboxylic acids is 2. The highest BCUT2D eigenvalue weighted by molar-refractivity contribution is 5.98. The van der Waals surface area contributed by atoms with Crippen LogP contribution in [0, 0.1) is 0 Å². The molecule has 7 heteroatoms. The van der Waals surface area contributed by atoms with Gasteiger partial charge in [0.1, 0.15) is 24.4 Å². The van der Waals surface area contributed by atoms with Crippen LogP contribution in [0.4, 0.5) is 0 Å². The normalized spacial score (nSPS) is 18.5. The molecule has 36 heavy (non-hydrogen) atoms. The lowest BCUT2D eigenvalue weighted by Crippen LogP contribution is -2.63. The number of benzene rings is 2. The second-order valence-electron chi connectivity index (χ2n) is 9.18. The summed E-state index contributed by atoms with van der Waals surface area (Å²) in [4.78, 5) is 30.3. The Morgan fingerprint density at radius 3 is 2.56 bits per heavy atom. The van der Waals surface area contributed by atoms with E-state index in [4.69, 9.17) is 4.74 Å². The van der Waals surface area contributed by atoms with Crippen molar-refractivity contribution in [2.24, 2.45) is 0 Å². The molecule has 1 saturated heterocycles. The van der Waals surface area contributed by atoms with Gasteiger partial charge in [0.05, 0.1) is 0 Å². The fraction of sp³-hybridized carbons (Fsp3) is 0.276. The Morgan fingerprint density at radius 2 is 1.81 bits per heavy atom. The lowest BCUT2D eigenvalue weighted by atomic mass is 9.90. The number of carbonyl (C=O) groups is 2. The number of ether oxygens (including phenoxy) is 1. The third kappa shape index (κ3) is 4.82. The van der Waals surface area contributed by atoms with E-state index in [1.165, 1.54) is 0 Å². The van der Waals surface area contributed by atoms with E-state index < -0.39 is 12.1 Å². The third-order valence-electron chi connectivity index (χ3n) is 6.82. The van der Waals surface area contributed by atoms with Crippen LogP contribution in [0.1, 0.15) is 36.6 Å². The van der Waals surface area contributed by atoms with E-state index in [1.807, 2.05) is 67.6 Å². The Balaban J connectivity index is 1.37. The molecule has 184 valence electrons. The first kappa shape index (κ1) is 23.6. The van der Waals surface area contributed by atoms with Gasteiger partial charge in [-0.15, -0.1) is 0 Å². The lowest BCUT2D eigenvalue weighted by molar-refractivity contribution is -0.137. The predicted octanol–water partition coefficient (Wildman–Crippen LogP) is 3.96. The van der Waals surface area contributed by atoms with Gasteiger partial charge in [-0.3, -0.25) is 14.6 Å². The predicted molar refractivity (Wildman–Crippen MR) is 139 cm³/mol. The third-order valence-corrected chi connectivity index (χ3v) is 6.82. The van der Waals surface area contributed by atoms with Gasteiger partial charge in [-0.2, -0.15) is 0 Å². The van der Waals surface area contributed by atoms with Crippen molar-refractivity contribution in [3.8, 4) is 5.75 Å². The molecule has 0 aliphatic carbocycles. The molecule has 7 nitrogen and oxygen atoms in total.